The molecular formula is C21H31N3O4. The molecule has 0 saturated heterocycles. The fourth-order valence-corrected chi connectivity index (χ4v) is 3.70. The molecule has 1 saturated carbocycles. The van der Waals surface area contributed by atoms with Crippen molar-refractivity contribution in [2.75, 3.05) is 13.2 Å². The molecule has 0 atom stereocenters. The number of nitrogens with zero attached hydrogens (tertiary/aromatic N) is 3. The highest BCUT2D eigenvalue weighted by atomic mass is 16.5. The van der Waals surface area contributed by atoms with E-state index in [1.165, 1.54) is 6.42 Å². The monoisotopic (exact) mass is 389 g/mol. The van der Waals surface area contributed by atoms with Crippen molar-refractivity contribution in [3.05, 3.63) is 23.7 Å². The number of ether oxygens (including phenoxy) is 2. The molecule has 1 aliphatic carbocycles. The number of fused-ring (bicyclic) bond motifs is 1. The Morgan fingerprint density at radius 1 is 1.25 bits per heavy atom. The van der Waals surface area contributed by atoms with E-state index in [1.54, 1.807) is 10.6 Å². The summed E-state index contributed by atoms with van der Waals surface area (Å²) in [5.74, 6) is 0.578. The lowest BCUT2D eigenvalue weighted by atomic mass is 9.81. The first-order chi connectivity index (χ1) is 13.5. The van der Waals surface area contributed by atoms with Gasteiger partial charge in [-0.3, -0.25) is 4.40 Å². The van der Waals surface area contributed by atoms with Crippen LogP contribution in [0.25, 0.3) is 5.78 Å². The molecule has 0 aromatic carbocycles. The standard InChI is InChI=1S/C21H31N3O4/c1-4-5-10-27-13-15-6-8-16(9-7-15)18-12-24-11-17(20(25)26)19(28-14(2)3)23-21(24)22-18/h11-12,14-16H,4-10,13H2,1-3H3,(H,25,26). The van der Waals surface area contributed by atoms with Gasteiger partial charge in [-0.05, 0) is 51.9 Å². The summed E-state index contributed by atoms with van der Waals surface area (Å²) >= 11 is 0. The number of imidazole rings is 1. The van der Waals surface area contributed by atoms with Crippen molar-refractivity contribution in [3.63, 3.8) is 0 Å². The van der Waals surface area contributed by atoms with Crippen LogP contribution in [0.2, 0.25) is 0 Å². The number of rotatable bonds is 9. The van der Waals surface area contributed by atoms with Gasteiger partial charge in [0.2, 0.25) is 11.7 Å². The fraction of sp³-hybridized carbons (Fsp3) is 0.667. The molecule has 0 radical (unpaired) electrons. The minimum absolute atomic E-state index is 0.0538. The topological polar surface area (TPSA) is 86.0 Å². The van der Waals surface area contributed by atoms with E-state index in [9.17, 15) is 9.90 Å². The predicted octanol–water partition coefficient (Wildman–Crippen LogP) is 4.31. The molecule has 2 aromatic heterocycles. The number of hydrogen-bond acceptors (Lipinski definition) is 5. The van der Waals surface area contributed by atoms with Crippen LogP contribution in [0.3, 0.4) is 0 Å². The third-order valence-corrected chi connectivity index (χ3v) is 5.27. The van der Waals surface area contributed by atoms with Gasteiger partial charge in [-0.15, -0.1) is 0 Å². The summed E-state index contributed by atoms with van der Waals surface area (Å²) in [6.07, 6.45) is 10.0. The van der Waals surface area contributed by atoms with Crippen molar-refractivity contribution in [1.29, 1.82) is 0 Å². The quantitative estimate of drug-likeness (QED) is 0.643. The lowest BCUT2D eigenvalue weighted by Crippen LogP contribution is -2.18. The summed E-state index contributed by atoms with van der Waals surface area (Å²) in [5, 5.41) is 9.46. The van der Waals surface area contributed by atoms with Crippen LogP contribution in [0.1, 0.15) is 81.3 Å². The van der Waals surface area contributed by atoms with E-state index in [4.69, 9.17) is 9.47 Å². The van der Waals surface area contributed by atoms with Gasteiger partial charge in [0.05, 0.1) is 11.8 Å². The Labute approximate surface area is 166 Å². The lowest BCUT2D eigenvalue weighted by molar-refractivity contribution is 0.0688. The highest BCUT2D eigenvalue weighted by Crippen LogP contribution is 2.35. The summed E-state index contributed by atoms with van der Waals surface area (Å²) in [5.41, 5.74) is 1.04. The molecule has 2 heterocycles. The SMILES string of the molecule is CCCCOCC1CCC(c2cn3cc(C(=O)O)c(OC(C)C)nc3n2)CC1. The van der Waals surface area contributed by atoms with Gasteiger partial charge in [-0.2, -0.15) is 4.98 Å². The molecule has 2 aromatic rings. The Balaban J connectivity index is 1.68. The minimum Gasteiger partial charge on any atom is -0.477 e. The molecule has 1 fully saturated rings. The third kappa shape index (κ3) is 5.01. The normalized spacial score (nSPS) is 20.0. The largest absolute Gasteiger partial charge is 0.477 e. The first-order valence-electron chi connectivity index (χ1n) is 10.3. The maximum absolute atomic E-state index is 11.6. The van der Waals surface area contributed by atoms with Crippen LogP contribution in [0.4, 0.5) is 0 Å². The van der Waals surface area contributed by atoms with E-state index in [-0.39, 0.29) is 17.5 Å². The zero-order chi connectivity index (χ0) is 20.1. The van der Waals surface area contributed by atoms with E-state index in [1.807, 2.05) is 20.0 Å². The highest BCUT2D eigenvalue weighted by molar-refractivity contribution is 5.90. The second kappa shape index (κ2) is 9.37. The van der Waals surface area contributed by atoms with Crippen molar-refractivity contribution in [2.24, 2.45) is 5.92 Å². The second-order valence-electron chi connectivity index (χ2n) is 7.95. The van der Waals surface area contributed by atoms with Crippen molar-refractivity contribution < 1.29 is 19.4 Å². The van der Waals surface area contributed by atoms with Gasteiger partial charge in [0.25, 0.3) is 0 Å². The van der Waals surface area contributed by atoms with E-state index in [0.717, 1.165) is 51.0 Å². The van der Waals surface area contributed by atoms with E-state index < -0.39 is 5.97 Å². The zero-order valence-corrected chi connectivity index (χ0v) is 17.1. The molecule has 1 N–H and O–H groups in total. The van der Waals surface area contributed by atoms with Crippen LogP contribution in [0.15, 0.2) is 12.4 Å². The van der Waals surface area contributed by atoms with Crippen molar-refractivity contribution in [2.45, 2.75) is 71.3 Å². The average molecular weight is 389 g/mol. The van der Waals surface area contributed by atoms with E-state index in [2.05, 4.69) is 16.9 Å². The number of aromatic nitrogens is 3. The van der Waals surface area contributed by atoms with E-state index >= 15 is 0 Å². The van der Waals surface area contributed by atoms with Crippen LogP contribution in [0, 0.1) is 5.92 Å². The van der Waals surface area contributed by atoms with Gasteiger partial charge in [0.1, 0.15) is 5.56 Å². The average Bonchev–Trinajstić information content (AvgIpc) is 3.07. The Morgan fingerprint density at radius 3 is 2.64 bits per heavy atom. The maximum atomic E-state index is 11.6. The van der Waals surface area contributed by atoms with Crippen molar-refractivity contribution >= 4 is 11.7 Å². The first kappa shape index (κ1) is 20.6. The number of hydrogen-bond donors (Lipinski definition) is 1. The van der Waals surface area contributed by atoms with Gasteiger partial charge in [0, 0.05) is 31.5 Å². The molecule has 154 valence electrons. The van der Waals surface area contributed by atoms with Crippen molar-refractivity contribution in [3.8, 4) is 5.88 Å². The molecular weight excluding hydrogens is 358 g/mol. The number of carboxylic acids is 1. The summed E-state index contributed by atoms with van der Waals surface area (Å²) in [7, 11) is 0. The molecule has 7 nitrogen and oxygen atoms in total. The summed E-state index contributed by atoms with van der Waals surface area (Å²) in [6, 6.07) is 0. The smallest absolute Gasteiger partial charge is 0.342 e. The van der Waals surface area contributed by atoms with Crippen molar-refractivity contribution in [1.82, 2.24) is 14.4 Å². The van der Waals surface area contributed by atoms with E-state index in [0.29, 0.717) is 17.6 Å². The Bertz CT molecular complexity index is 794. The first-order valence-corrected chi connectivity index (χ1v) is 10.3. The predicted molar refractivity (Wildman–Crippen MR) is 106 cm³/mol. The van der Waals surface area contributed by atoms with Crippen LogP contribution in [-0.2, 0) is 4.74 Å². The molecule has 0 spiro atoms. The lowest BCUT2D eigenvalue weighted by Gasteiger charge is -2.27. The minimum atomic E-state index is -1.05. The maximum Gasteiger partial charge on any atom is 0.342 e. The summed E-state index contributed by atoms with van der Waals surface area (Å²) in [6.45, 7) is 7.59. The van der Waals surface area contributed by atoms with Gasteiger partial charge in [-0.25, -0.2) is 9.78 Å². The molecule has 1 aliphatic rings. The molecule has 0 unspecified atom stereocenters. The van der Waals surface area contributed by atoms with Crippen LogP contribution in [0.5, 0.6) is 5.88 Å². The molecule has 3 rings (SSSR count). The van der Waals surface area contributed by atoms with Gasteiger partial charge in [0.15, 0.2) is 0 Å². The molecule has 0 bridgehead atoms. The van der Waals surface area contributed by atoms with Gasteiger partial charge in [-0.1, -0.05) is 13.3 Å². The third-order valence-electron chi connectivity index (χ3n) is 5.27. The Morgan fingerprint density at radius 2 is 2.00 bits per heavy atom. The summed E-state index contributed by atoms with van der Waals surface area (Å²) < 4.78 is 13.1. The van der Waals surface area contributed by atoms with Gasteiger partial charge >= 0.3 is 5.97 Å². The highest BCUT2D eigenvalue weighted by Gasteiger charge is 2.25. The summed E-state index contributed by atoms with van der Waals surface area (Å²) in [4.78, 5) is 20.6. The molecule has 0 aliphatic heterocycles. The number of carboxylic acid groups (broad SMARTS) is 1. The van der Waals surface area contributed by atoms with Crippen LogP contribution >= 0.6 is 0 Å². The Hall–Kier alpha value is -2.15. The Kier molecular flexibility index (Phi) is 6.88. The number of unbranched alkanes of at least 4 members (excludes halogenated alkanes) is 1. The van der Waals surface area contributed by atoms with Crippen LogP contribution in [-0.4, -0.2) is 44.8 Å². The van der Waals surface area contributed by atoms with Gasteiger partial charge < -0.3 is 14.6 Å². The molecule has 7 heteroatoms. The zero-order valence-electron chi connectivity index (χ0n) is 17.1. The molecule has 0 amide bonds. The fourth-order valence-electron chi connectivity index (χ4n) is 3.70. The second-order valence-corrected chi connectivity index (χ2v) is 7.95. The molecule has 28 heavy (non-hydrogen) atoms. The van der Waals surface area contributed by atoms with Crippen LogP contribution < -0.4 is 4.74 Å². The number of carbonyl (C=O) groups is 1. The number of aromatic carboxylic acids is 1.